The lowest BCUT2D eigenvalue weighted by atomic mass is 10.3. The molecule has 0 unspecified atom stereocenters. The number of carboxylic acid groups (broad SMARTS) is 1. The molecule has 1 heterocycles. The molecule has 5 nitrogen and oxygen atoms in total. The van der Waals surface area contributed by atoms with Gasteiger partial charge in [0.2, 0.25) is 5.95 Å². The Morgan fingerprint density at radius 1 is 1.50 bits per heavy atom. The van der Waals surface area contributed by atoms with Crippen molar-refractivity contribution in [3.8, 4) is 0 Å². The Labute approximate surface area is 94.2 Å². The zero-order chi connectivity index (χ0) is 11.8. The Bertz CT molecular complexity index is 360. The summed E-state index contributed by atoms with van der Waals surface area (Å²) in [6, 6.07) is 0. The normalized spacial score (nSPS) is 10.6. The molecule has 0 radical (unpaired) electrons. The first-order valence-electron chi connectivity index (χ1n) is 5.19. The first-order chi connectivity index (χ1) is 7.72. The molecule has 1 aromatic heterocycles. The van der Waals surface area contributed by atoms with Crippen LogP contribution in [0.5, 0.6) is 0 Å². The molecule has 0 bridgehead atoms. The maximum Gasteiger partial charge on any atom is 0.328 e. The van der Waals surface area contributed by atoms with Gasteiger partial charge in [-0.1, -0.05) is 13.3 Å². The van der Waals surface area contributed by atoms with Crippen molar-refractivity contribution in [2.45, 2.75) is 19.8 Å². The third kappa shape index (κ3) is 4.54. The monoisotopic (exact) mass is 221 g/mol. The number of nitrogens with one attached hydrogen (secondary N) is 1. The lowest BCUT2D eigenvalue weighted by Crippen LogP contribution is -2.04. The summed E-state index contributed by atoms with van der Waals surface area (Å²) in [4.78, 5) is 18.4. The van der Waals surface area contributed by atoms with Gasteiger partial charge in [0.15, 0.2) is 0 Å². The fraction of sp³-hybridized carbons (Fsp3) is 0.364. The first-order valence-corrected chi connectivity index (χ1v) is 5.19. The Morgan fingerprint density at radius 2 is 2.19 bits per heavy atom. The van der Waals surface area contributed by atoms with E-state index in [2.05, 4.69) is 22.2 Å². The lowest BCUT2D eigenvalue weighted by Gasteiger charge is -2.02. The third-order valence-corrected chi connectivity index (χ3v) is 1.90. The van der Waals surface area contributed by atoms with E-state index in [0.29, 0.717) is 11.5 Å². The van der Waals surface area contributed by atoms with Crippen LogP contribution in [-0.2, 0) is 4.79 Å². The summed E-state index contributed by atoms with van der Waals surface area (Å²) in [6.07, 6.45) is 7.87. The maximum atomic E-state index is 10.3. The van der Waals surface area contributed by atoms with Crippen LogP contribution in [0.25, 0.3) is 6.08 Å². The Kier molecular flexibility index (Phi) is 4.98. The molecule has 1 rings (SSSR count). The molecule has 0 atom stereocenters. The van der Waals surface area contributed by atoms with Gasteiger partial charge in [-0.25, -0.2) is 14.8 Å². The first kappa shape index (κ1) is 12.2. The number of hydrogen-bond acceptors (Lipinski definition) is 4. The van der Waals surface area contributed by atoms with E-state index in [0.717, 1.165) is 25.5 Å². The van der Waals surface area contributed by atoms with Crippen molar-refractivity contribution in [2.75, 3.05) is 11.9 Å². The number of rotatable bonds is 6. The fourth-order valence-corrected chi connectivity index (χ4v) is 1.06. The predicted octanol–water partition coefficient (Wildman–Crippen LogP) is 1.79. The number of nitrogens with zero attached hydrogens (tertiary/aromatic N) is 2. The van der Waals surface area contributed by atoms with Gasteiger partial charge in [0.25, 0.3) is 0 Å². The molecule has 0 saturated carbocycles. The number of carbonyl (C=O) groups is 1. The second-order valence-electron chi connectivity index (χ2n) is 3.29. The van der Waals surface area contributed by atoms with Gasteiger partial charge in [-0.3, -0.25) is 0 Å². The summed E-state index contributed by atoms with van der Waals surface area (Å²) in [5, 5.41) is 11.5. The van der Waals surface area contributed by atoms with Crippen molar-refractivity contribution in [1.29, 1.82) is 0 Å². The number of hydrogen-bond donors (Lipinski definition) is 2. The van der Waals surface area contributed by atoms with Gasteiger partial charge >= 0.3 is 5.97 Å². The van der Waals surface area contributed by atoms with Crippen LogP contribution in [0.15, 0.2) is 18.5 Å². The van der Waals surface area contributed by atoms with Crippen molar-refractivity contribution in [3.05, 3.63) is 24.0 Å². The van der Waals surface area contributed by atoms with Crippen LogP contribution in [0, 0.1) is 0 Å². The third-order valence-electron chi connectivity index (χ3n) is 1.90. The summed E-state index contributed by atoms with van der Waals surface area (Å²) in [5.74, 6) is -0.411. The van der Waals surface area contributed by atoms with Crippen LogP contribution in [0.1, 0.15) is 25.3 Å². The van der Waals surface area contributed by atoms with Crippen LogP contribution < -0.4 is 5.32 Å². The largest absolute Gasteiger partial charge is 0.478 e. The van der Waals surface area contributed by atoms with E-state index in [1.807, 2.05) is 0 Å². The van der Waals surface area contributed by atoms with Crippen LogP contribution in [-0.4, -0.2) is 27.6 Å². The minimum absolute atomic E-state index is 0.570. The SMILES string of the molecule is CCCCNc1ncc(/C=C/C(=O)O)cn1. The molecule has 0 saturated heterocycles. The van der Waals surface area contributed by atoms with E-state index < -0.39 is 5.97 Å². The number of unbranched alkanes of at least 4 members (excludes halogenated alkanes) is 1. The van der Waals surface area contributed by atoms with Gasteiger partial charge in [0.1, 0.15) is 0 Å². The van der Waals surface area contributed by atoms with Crippen LogP contribution in [0.4, 0.5) is 5.95 Å². The van der Waals surface area contributed by atoms with Crippen molar-refractivity contribution in [1.82, 2.24) is 9.97 Å². The summed E-state index contributed by atoms with van der Waals surface area (Å²) in [5.41, 5.74) is 0.670. The van der Waals surface area contributed by atoms with E-state index in [1.54, 1.807) is 12.4 Å². The van der Waals surface area contributed by atoms with Gasteiger partial charge < -0.3 is 10.4 Å². The predicted molar refractivity (Wildman–Crippen MR) is 62.1 cm³/mol. The molecule has 5 heteroatoms. The van der Waals surface area contributed by atoms with Crippen molar-refractivity contribution < 1.29 is 9.90 Å². The second kappa shape index (κ2) is 6.55. The molecule has 0 aliphatic rings. The average Bonchev–Trinajstić information content (AvgIpc) is 2.28. The molecule has 2 N–H and O–H groups in total. The molecule has 0 aromatic carbocycles. The fourth-order valence-electron chi connectivity index (χ4n) is 1.06. The molecule has 0 spiro atoms. The van der Waals surface area contributed by atoms with Crippen molar-refractivity contribution in [2.24, 2.45) is 0 Å². The van der Waals surface area contributed by atoms with Crippen LogP contribution >= 0.6 is 0 Å². The van der Waals surface area contributed by atoms with Crippen molar-refractivity contribution >= 4 is 18.0 Å². The van der Waals surface area contributed by atoms with E-state index in [4.69, 9.17) is 5.11 Å². The van der Waals surface area contributed by atoms with Crippen LogP contribution in [0.2, 0.25) is 0 Å². The number of aliphatic carboxylic acids is 1. The number of carboxylic acids is 1. The van der Waals surface area contributed by atoms with Gasteiger partial charge in [-0.05, 0) is 12.5 Å². The zero-order valence-corrected chi connectivity index (χ0v) is 9.18. The van der Waals surface area contributed by atoms with E-state index in [1.165, 1.54) is 6.08 Å². The minimum Gasteiger partial charge on any atom is -0.478 e. The standard InChI is InChI=1S/C11H15N3O2/c1-2-3-6-12-11-13-7-9(8-14-11)4-5-10(15)16/h4-5,7-8H,2-3,6H2,1H3,(H,15,16)(H,12,13,14)/b5-4+. The highest BCUT2D eigenvalue weighted by molar-refractivity contribution is 5.85. The second-order valence-corrected chi connectivity index (χ2v) is 3.29. The summed E-state index contributed by atoms with van der Waals surface area (Å²) in [6.45, 7) is 2.96. The van der Waals surface area contributed by atoms with Gasteiger partial charge in [0, 0.05) is 30.6 Å². The summed E-state index contributed by atoms with van der Waals surface area (Å²) >= 11 is 0. The Balaban J connectivity index is 2.51. The van der Waals surface area contributed by atoms with E-state index in [9.17, 15) is 4.79 Å². The van der Waals surface area contributed by atoms with E-state index in [-0.39, 0.29) is 0 Å². The number of aromatic nitrogens is 2. The molecule has 1 aromatic rings. The minimum atomic E-state index is -0.981. The van der Waals surface area contributed by atoms with Gasteiger partial charge in [0.05, 0.1) is 0 Å². The number of anilines is 1. The summed E-state index contributed by atoms with van der Waals surface area (Å²) < 4.78 is 0. The van der Waals surface area contributed by atoms with Gasteiger partial charge in [-0.2, -0.15) is 0 Å². The van der Waals surface area contributed by atoms with E-state index >= 15 is 0 Å². The molecule has 0 aliphatic heterocycles. The highest BCUT2D eigenvalue weighted by Gasteiger charge is 1.95. The average molecular weight is 221 g/mol. The molecule has 0 fully saturated rings. The Morgan fingerprint density at radius 3 is 2.75 bits per heavy atom. The zero-order valence-electron chi connectivity index (χ0n) is 9.18. The molecule has 86 valence electrons. The molecular formula is C11H15N3O2. The lowest BCUT2D eigenvalue weighted by molar-refractivity contribution is -0.131. The van der Waals surface area contributed by atoms with Crippen LogP contribution in [0.3, 0.4) is 0 Å². The smallest absolute Gasteiger partial charge is 0.328 e. The topological polar surface area (TPSA) is 75.1 Å². The van der Waals surface area contributed by atoms with Crippen molar-refractivity contribution in [3.63, 3.8) is 0 Å². The van der Waals surface area contributed by atoms with Gasteiger partial charge in [-0.15, -0.1) is 0 Å². The summed E-state index contributed by atoms with van der Waals surface area (Å²) in [7, 11) is 0. The highest BCUT2D eigenvalue weighted by atomic mass is 16.4. The molecule has 0 amide bonds. The molecule has 0 aliphatic carbocycles. The highest BCUT2D eigenvalue weighted by Crippen LogP contribution is 2.02. The molecular weight excluding hydrogens is 206 g/mol. The maximum absolute atomic E-state index is 10.3. The molecule has 16 heavy (non-hydrogen) atoms. The quantitative estimate of drug-likeness (QED) is 0.565. The Hall–Kier alpha value is -1.91.